The molecule has 0 fully saturated rings. The first-order valence-electron chi connectivity index (χ1n) is 5.26. The fourth-order valence-corrected chi connectivity index (χ4v) is 1.61. The van der Waals surface area contributed by atoms with Crippen LogP contribution in [0.15, 0.2) is 30.3 Å². The number of rotatable bonds is 2. The van der Waals surface area contributed by atoms with Gasteiger partial charge in [0.15, 0.2) is 11.6 Å². The molecule has 0 unspecified atom stereocenters. The van der Waals surface area contributed by atoms with Crippen LogP contribution >= 0.6 is 0 Å². The van der Waals surface area contributed by atoms with Crippen LogP contribution in [0.2, 0.25) is 0 Å². The molecule has 0 spiro atoms. The average molecular weight is 252 g/mol. The molecule has 0 aliphatic rings. The zero-order valence-corrected chi connectivity index (χ0v) is 9.60. The van der Waals surface area contributed by atoms with Crippen molar-refractivity contribution in [3.8, 4) is 0 Å². The minimum Gasteiger partial charge on any atom is -0.397 e. The summed E-state index contributed by atoms with van der Waals surface area (Å²) in [5.41, 5.74) is 5.94. The Hall–Kier alpha value is -2.17. The van der Waals surface area contributed by atoms with Crippen LogP contribution in [0, 0.1) is 24.4 Å². The summed E-state index contributed by atoms with van der Waals surface area (Å²) < 4.78 is 40.3. The van der Waals surface area contributed by atoms with Crippen LogP contribution in [-0.4, -0.2) is 0 Å². The summed E-state index contributed by atoms with van der Waals surface area (Å²) in [5, 5.41) is 2.50. The maximum absolute atomic E-state index is 13.6. The van der Waals surface area contributed by atoms with E-state index in [1.54, 1.807) is 13.0 Å². The summed E-state index contributed by atoms with van der Waals surface area (Å²) in [6.07, 6.45) is 0. The molecule has 0 aliphatic carbocycles. The predicted molar refractivity (Wildman–Crippen MR) is 65.2 cm³/mol. The number of anilines is 3. The molecule has 3 N–H and O–H groups in total. The van der Waals surface area contributed by atoms with Gasteiger partial charge in [-0.3, -0.25) is 0 Å². The minimum atomic E-state index is -1.13. The number of aryl methyl sites for hydroxylation is 1. The molecular formula is C13H11F3N2. The van der Waals surface area contributed by atoms with E-state index in [9.17, 15) is 13.2 Å². The fraction of sp³-hybridized carbons (Fsp3) is 0.0769. The van der Waals surface area contributed by atoms with Gasteiger partial charge in [0.2, 0.25) is 0 Å². The van der Waals surface area contributed by atoms with Gasteiger partial charge in [-0.1, -0.05) is 12.1 Å². The number of halogens is 3. The third kappa shape index (κ3) is 2.11. The quantitative estimate of drug-likeness (QED) is 0.799. The van der Waals surface area contributed by atoms with Gasteiger partial charge in [-0.15, -0.1) is 0 Å². The van der Waals surface area contributed by atoms with Gasteiger partial charge in [-0.25, -0.2) is 13.2 Å². The summed E-state index contributed by atoms with van der Waals surface area (Å²) in [6, 6.07) is 6.55. The van der Waals surface area contributed by atoms with Gasteiger partial charge in [-0.05, 0) is 30.7 Å². The SMILES string of the molecule is Cc1cccc(F)c1Nc1c(N)ccc(F)c1F. The van der Waals surface area contributed by atoms with Crippen molar-refractivity contribution in [3.63, 3.8) is 0 Å². The molecular weight excluding hydrogens is 241 g/mol. The van der Waals surface area contributed by atoms with E-state index in [2.05, 4.69) is 5.32 Å². The highest BCUT2D eigenvalue weighted by atomic mass is 19.2. The highest BCUT2D eigenvalue weighted by Crippen LogP contribution is 2.30. The van der Waals surface area contributed by atoms with E-state index in [1.165, 1.54) is 18.2 Å². The van der Waals surface area contributed by atoms with Gasteiger partial charge in [0, 0.05) is 0 Å². The molecule has 0 aromatic heterocycles. The van der Waals surface area contributed by atoms with E-state index >= 15 is 0 Å². The lowest BCUT2D eigenvalue weighted by Crippen LogP contribution is -2.04. The van der Waals surface area contributed by atoms with Crippen molar-refractivity contribution in [2.24, 2.45) is 0 Å². The summed E-state index contributed by atoms with van der Waals surface area (Å²) in [6.45, 7) is 1.65. The maximum Gasteiger partial charge on any atom is 0.184 e. The van der Waals surface area contributed by atoms with Crippen LogP contribution < -0.4 is 11.1 Å². The highest BCUT2D eigenvalue weighted by molar-refractivity contribution is 5.74. The van der Waals surface area contributed by atoms with Crippen molar-refractivity contribution in [3.05, 3.63) is 53.3 Å². The number of para-hydroxylation sites is 1. The van der Waals surface area contributed by atoms with Crippen molar-refractivity contribution in [1.82, 2.24) is 0 Å². The van der Waals surface area contributed by atoms with Crippen LogP contribution in [0.3, 0.4) is 0 Å². The Balaban J connectivity index is 2.50. The van der Waals surface area contributed by atoms with Gasteiger partial charge < -0.3 is 11.1 Å². The van der Waals surface area contributed by atoms with Crippen LogP contribution in [0.5, 0.6) is 0 Å². The number of hydrogen-bond donors (Lipinski definition) is 2. The van der Waals surface area contributed by atoms with Crippen molar-refractivity contribution in [2.75, 3.05) is 11.1 Å². The molecule has 0 radical (unpaired) electrons. The first kappa shape index (κ1) is 12.3. The van der Waals surface area contributed by atoms with Crippen LogP contribution in [0.4, 0.5) is 30.2 Å². The number of benzene rings is 2. The largest absolute Gasteiger partial charge is 0.397 e. The maximum atomic E-state index is 13.6. The summed E-state index contributed by atoms with van der Waals surface area (Å²) in [7, 11) is 0. The molecule has 2 nitrogen and oxygen atoms in total. The van der Waals surface area contributed by atoms with Gasteiger partial charge in [0.05, 0.1) is 11.4 Å². The molecule has 5 heteroatoms. The van der Waals surface area contributed by atoms with Crippen LogP contribution in [0.1, 0.15) is 5.56 Å². The standard InChI is InChI=1S/C13H11F3N2/c1-7-3-2-4-9(15)12(7)18-13-10(17)6-5-8(14)11(13)16/h2-6,18H,17H2,1H3. The second-order valence-electron chi connectivity index (χ2n) is 3.88. The molecule has 0 saturated heterocycles. The second kappa shape index (κ2) is 4.60. The Morgan fingerprint density at radius 3 is 2.33 bits per heavy atom. The lowest BCUT2D eigenvalue weighted by atomic mass is 10.1. The van der Waals surface area contributed by atoms with Crippen molar-refractivity contribution in [1.29, 1.82) is 0 Å². The Morgan fingerprint density at radius 1 is 0.944 bits per heavy atom. The summed E-state index contributed by atoms with van der Waals surface area (Å²) in [4.78, 5) is 0. The average Bonchev–Trinajstić information content (AvgIpc) is 2.33. The zero-order chi connectivity index (χ0) is 13.3. The normalized spacial score (nSPS) is 10.4. The molecule has 2 aromatic carbocycles. The Bertz CT molecular complexity index is 577. The molecule has 94 valence electrons. The summed E-state index contributed by atoms with van der Waals surface area (Å²) >= 11 is 0. The molecule has 0 saturated carbocycles. The van der Waals surface area contributed by atoms with E-state index in [-0.39, 0.29) is 17.1 Å². The van der Waals surface area contributed by atoms with E-state index in [0.717, 1.165) is 6.07 Å². The Morgan fingerprint density at radius 2 is 1.67 bits per heavy atom. The zero-order valence-electron chi connectivity index (χ0n) is 9.60. The molecule has 0 aliphatic heterocycles. The van der Waals surface area contributed by atoms with Crippen LogP contribution in [-0.2, 0) is 0 Å². The lowest BCUT2D eigenvalue weighted by molar-refractivity contribution is 0.512. The van der Waals surface area contributed by atoms with Crippen LogP contribution in [0.25, 0.3) is 0 Å². The molecule has 0 bridgehead atoms. The Labute approximate surface area is 102 Å². The van der Waals surface area contributed by atoms with Gasteiger partial charge in [-0.2, -0.15) is 0 Å². The second-order valence-corrected chi connectivity index (χ2v) is 3.88. The smallest absolute Gasteiger partial charge is 0.184 e. The predicted octanol–water partition coefficient (Wildman–Crippen LogP) is 3.74. The van der Waals surface area contributed by atoms with E-state index in [1.807, 2.05) is 0 Å². The van der Waals surface area contributed by atoms with Crippen molar-refractivity contribution in [2.45, 2.75) is 6.92 Å². The monoisotopic (exact) mass is 252 g/mol. The van der Waals surface area contributed by atoms with E-state index in [4.69, 9.17) is 5.73 Å². The Kier molecular flexibility index (Phi) is 3.14. The number of nitrogen functional groups attached to an aromatic ring is 1. The molecule has 18 heavy (non-hydrogen) atoms. The third-order valence-corrected chi connectivity index (χ3v) is 2.60. The lowest BCUT2D eigenvalue weighted by Gasteiger charge is -2.13. The fourth-order valence-electron chi connectivity index (χ4n) is 1.61. The first-order valence-corrected chi connectivity index (χ1v) is 5.26. The minimum absolute atomic E-state index is 0.0107. The van der Waals surface area contributed by atoms with E-state index in [0.29, 0.717) is 5.56 Å². The molecule has 2 aromatic rings. The first-order chi connectivity index (χ1) is 8.50. The van der Waals surface area contributed by atoms with Crippen molar-refractivity contribution >= 4 is 17.1 Å². The highest BCUT2D eigenvalue weighted by Gasteiger charge is 2.14. The van der Waals surface area contributed by atoms with E-state index < -0.39 is 17.5 Å². The number of nitrogens with two attached hydrogens (primary N) is 1. The molecule has 0 amide bonds. The number of nitrogens with one attached hydrogen (secondary N) is 1. The molecule has 2 rings (SSSR count). The van der Waals surface area contributed by atoms with Gasteiger partial charge in [0.25, 0.3) is 0 Å². The van der Waals surface area contributed by atoms with Gasteiger partial charge in [0.1, 0.15) is 11.5 Å². The number of hydrogen-bond acceptors (Lipinski definition) is 2. The topological polar surface area (TPSA) is 38.0 Å². The molecule has 0 heterocycles. The van der Waals surface area contributed by atoms with Gasteiger partial charge >= 0.3 is 0 Å². The summed E-state index contributed by atoms with van der Waals surface area (Å²) in [5.74, 6) is -2.73. The molecule has 0 atom stereocenters. The van der Waals surface area contributed by atoms with Crippen molar-refractivity contribution < 1.29 is 13.2 Å². The third-order valence-electron chi connectivity index (χ3n) is 2.60.